The molecule has 0 aliphatic heterocycles. The van der Waals surface area contributed by atoms with Crippen molar-refractivity contribution in [3.05, 3.63) is 35.4 Å². The maximum Gasteiger partial charge on any atom is 0.139 e. The summed E-state index contributed by atoms with van der Waals surface area (Å²) in [7, 11) is 0. The Kier molecular flexibility index (Phi) is 12.8. The van der Waals surface area contributed by atoms with E-state index < -0.39 is 11.6 Å². The molecule has 0 saturated heterocycles. The van der Waals surface area contributed by atoms with E-state index >= 15 is 0 Å². The Hall–Kier alpha value is -1.41. The van der Waals surface area contributed by atoms with Crippen molar-refractivity contribution in [2.24, 2.45) is 5.73 Å². The maximum atomic E-state index is 13.4. The van der Waals surface area contributed by atoms with E-state index in [-0.39, 0.29) is 30.8 Å². The minimum absolute atomic E-state index is 0.0609. The van der Waals surface area contributed by atoms with Gasteiger partial charge < -0.3 is 19.9 Å². The predicted molar refractivity (Wildman–Crippen MR) is 95.0 cm³/mol. The number of hydrogen-bond acceptors (Lipinski definition) is 5. The van der Waals surface area contributed by atoms with Crippen LogP contribution in [0.5, 0.6) is 0 Å². The lowest BCUT2D eigenvalue weighted by Crippen LogP contribution is -2.12. The molecule has 1 aromatic carbocycles. The highest BCUT2D eigenvalue weighted by Crippen LogP contribution is 2.11. The number of hydrogen-bond donors (Lipinski definition) is 1. The van der Waals surface area contributed by atoms with Crippen LogP contribution in [-0.2, 0) is 25.4 Å². The Labute approximate surface area is 153 Å². The molecule has 0 fully saturated rings. The Morgan fingerprint density at radius 1 is 0.885 bits per heavy atom. The molecule has 5 nitrogen and oxygen atoms in total. The van der Waals surface area contributed by atoms with Crippen LogP contribution >= 0.6 is 0 Å². The molecule has 0 spiro atoms. The highest BCUT2D eigenvalue weighted by molar-refractivity contribution is 5.80. The first-order valence-corrected chi connectivity index (χ1v) is 9.02. The number of halogens is 2. The molecule has 0 atom stereocenters. The molecule has 0 aromatic heterocycles. The fourth-order valence-corrected chi connectivity index (χ4v) is 2.22. The maximum absolute atomic E-state index is 13.4. The largest absolute Gasteiger partial charge is 0.379 e. The average Bonchev–Trinajstić information content (AvgIpc) is 2.61. The van der Waals surface area contributed by atoms with E-state index in [2.05, 4.69) is 0 Å². The molecular formula is C19H29F2NO4. The van der Waals surface area contributed by atoms with Gasteiger partial charge in [0, 0.05) is 25.5 Å². The summed E-state index contributed by atoms with van der Waals surface area (Å²) < 4.78 is 42.3. The Morgan fingerprint density at radius 3 is 2.19 bits per heavy atom. The van der Waals surface area contributed by atoms with E-state index in [0.29, 0.717) is 26.4 Å². The fourth-order valence-electron chi connectivity index (χ4n) is 2.22. The quantitative estimate of drug-likeness (QED) is 0.451. The molecule has 1 rings (SSSR count). The highest BCUT2D eigenvalue weighted by Gasteiger charge is 2.09. The van der Waals surface area contributed by atoms with Crippen molar-refractivity contribution >= 4 is 5.78 Å². The molecule has 0 bridgehead atoms. The highest BCUT2D eigenvalue weighted by atomic mass is 19.1. The zero-order valence-electron chi connectivity index (χ0n) is 15.2. The Balaban J connectivity index is 1.92. The van der Waals surface area contributed by atoms with Gasteiger partial charge in [0.15, 0.2) is 0 Å². The van der Waals surface area contributed by atoms with Crippen LogP contribution in [-0.4, -0.2) is 52.0 Å². The van der Waals surface area contributed by atoms with E-state index in [0.717, 1.165) is 44.5 Å². The van der Waals surface area contributed by atoms with Crippen molar-refractivity contribution in [1.29, 1.82) is 0 Å². The van der Waals surface area contributed by atoms with Gasteiger partial charge in [-0.1, -0.05) is 6.07 Å². The second kappa shape index (κ2) is 14.7. The van der Waals surface area contributed by atoms with Gasteiger partial charge in [0.1, 0.15) is 17.4 Å². The van der Waals surface area contributed by atoms with Gasteiger partial charge in [0.25, 0.3) is 0 Å². The summed E-state index contributed by atoms with van der Waals surface area (Å²) in [4.78, 5) is 11.8. The summed E-state index contributed by atoms with van der Waals surface area (Å²) in [5, 5.41) is 0. The van der Waals surface area contributed by atoms with Crippen LogP contribution in [0.25, 0.3) is 0 Å². The van der Waals surface area contributed by atoms with Crippen molar-refractivity contribution in [1.82, 2.24) is 0 Å². The number of rotatable bonds is 16. The minimum atomic E-state index is -0.700. The zero-order chi connectivity index (χ0) is 19.0. The van der Waals surface area contributed by atoms with Gasteiger partial charge in [-0.25, -0.2) is 8.78 Å². The van der Waals surface area contributed by atoms with E-state index in [1.807, 2.05) is 0 Å². The summed E-state index contributed by atoms with van der Waals surface area (Å²) in [6.07, 6.45) is 3.24. The van der Waals surface area contributed by atoms with Crippen molar-refractivity contribution < 1.29 is 27.8 Å². The lowest BCUT2D eigenvalue weighted by Gasteiger charge is -2.07. The molecule has 1 aromatic rings. The van der Waals surface area contributed by atoms with Crippen molar-refractivity contribution in [2.75, 3.05) is 46.2 Å². The fraction of sp³-hybridized carbons (Fsp3) is 0.632. The van der Waals surface area contributed by atoms with Gasteiger partial charge in [-0.05, 0) is 37.4 Å². The van der Waals surface area contributed by atoms with Crippen molar-refractivity contribution in [2.45, 2.75) is 32.1 Å². The number of ketones is 1. The standard InChI is InChI=1S/C19H29F2NO4/c20-17-5-4-16(19(21)15-17)14-18(23)6-9-25-11-13-26-12-10-24-8-3-1-2-7-22/h4-5,15H,1-3,6-14,22H2. The number of carbonyl (C=O) groups excluding carboxylic acids is 1. The van der Waals surface area contributed by atoms with E-state index in [1.165, 1.54) is 6.07 Å². The molecular weight excluding hydrogens is 344 g/mol. The van der Waals surface area contributed by atoms with E-state index in [4.69, 9.17) is 19.9 Å². The number of nitrogens with two attached hydrogens (primary N) is 1. The molecule has 26 heavy (non-hydrogen) atoms. The Morgan fingerprint density at radius 2 is 1.54 bits per heavy atom. The van der Waals surface area contributed by atoms with E-state index in [1.54, 1.807) is 0 Å². The molecule has 7 heteroatoms. The monoisotopic (exact) mass is 373 g/mol. The SMILES string of the molecule is NCCCCCOCCOCCOCCC(=O)Cc1ccc(F)cc1F. The van der Waals surface area contributed by atoms with Gasteiger partial charge in [0.2, 0.25) is 0 Å². The van der Waals surface area contributed by atoms with Crippen LogP contribution in [0.3, 0.4) is 0 Å². The first-order chi connectivity index (χ1) is 12.6. The van der Waals surface area contributed by atoms with Crippen LogP contribution in [0.2, 0.25) is 0 Å². The molecule has 0 unspecified atom stereocenters. The third-order valence-corrected chi connectivity index (χ3v) is 3.66. The summed E-state index contributed by atoms with van der Waals surface area (Å²) in [6.45, 7) is 3.55. The average molecular weight is 373 g/mol. The van der Waals surface area contributed by atoms with Crippen LogP contribution in [0.15, 0.2) is 18.2 Å². The molecule has 0 radical (unpaired) electrons. The number of benzene rings is 1. The van der Waals surface area contributed by atoms with Crippen LogP contribution in [0.4, 0.5) is 8.78 Å². The van der Waals surface area contributed by atoms with Gasteiger partial charge in [0.05, 0.1) is 33.0 Å². The lowest BCUT2D eigenvalue weighted by molar-refractivity contribution is -0.119. The third-order valence-electron chi connectivity index (χ3n) is 3.66. The summed E-state index contributed by atoms with van der Waals surface area (Å²) in [5.74, 6) is -1.51. The topological polar surface area (TPSA) is 70.8 Å². The number of Topliss-reactive ketones (excluding diaryl/α,β-unsaturated/α-hetero) is 1. The number of ether oxygens (including phenoxy) is 3. The first-order valence-electron chi connectivity index (χ1n) is 9.02. The molecule has 0 aliphatic carbocycles. The first kappa shape index (κ1) is 22.6. The van der Waals surface area contributed by atoms with Gasteiger partial charge in [-0.3, -0.25) is 4.79 Å². The molecule has 0 heterocycles. The number of carbonyl (C=O) groups is 1. The molecule has 0 aliphatic rings. The Bertz CT molecular complexity index is 514. The second-order valence-corrected chi connectivity index (χ2v) is 5.89. The molecule has 2 N–H and O–H groups in total. The van der Waals surface area contributed by atoms with Crippen LogP contribution in [0, 0.1) is 11.6 Å². The van der Waals surface area contributed by atoms with Crippen LogP contribution < -0.4 is 5.73 Å². The van der Waals surface area contributed by atoms with Gasteiger partial charge in [-0.15, -0.1) is 0 Å². The zero-order valence-corrected chi connectivity index (χ0v) is 15.2. The van der Waals surface area contributed by atoms with Crippen molar-refractivity contribution in [3.63, 3.8) is 0 Å². The molecule has 148 valence electrons. The molecule has 0 amide bonds. The normalized spacial score (nSPS) is 11.0. The smallest absolute Gasteiger partial charge is 0.139 e. The van der Waals surface area contributed by atoms with Crippen molar-refractivity contribution in [3.8, 4) is 0 Å². The van der Waals surface area contributed by atoms with Crippen LogP contribution in [0.1, 0.15) is 31.2 Å². The lowest BCUT2D eigenvalue weighted by atomic mass is 10.1. The third kappa shape index (κ3) is 11.3. The van der Waals surface area contributed by atoms with E-state index in [9.17, 15) is 13.6 Å². The van der Waals surface area contributed by atoms with Gasteiger partial charge >= 0.3 is 0 Å². The number of unbranched alkanes of at least 4 members (excludes halogenated alkanes) is 2. The predicted octanol–water partition coefficient (Wildman–Crippen LogP) is 2.65. The second-order valence-electron chi connectivity index (χ2n) is 5.89. The summed E-state index contributed by atoms with van der Waals surface area (Å²) >= 11 is 0. The molecule has 0 saturated carbocycles. The summed E-state index contributed by atoms with van der Waals surface area (Å²) in [5.41, 5.74) is 5.60. The van der Waals surface area contributed by atoms with Gasteiger partial charge in [-0.2, -0.15) is 0 Å². The minimum Gasteiger partial charge on any atom is -0.379 e. The summed E-state index contributed by atoms with van der Waals surface area (Å²) in [6, 6.07) is 3.21.